The molecule has 37 heavy (non-hydrogen) atoms. The van der Waals surface area contributed by atoms with Gasteiger partial charge >= 0.3 is 0 Å². The van der Waals surface area contributed by atoms with Crippen LogP contribution in [0.15, 0.2) is 65.4 Å². The molecular formula is C28H30N6O3. The number of benzene rings is 2. The average molecular weight is 499 g/mol. The quantitative estimate of drug-likeness (QED) is 0.270. The van der Waals surface area contributed by atoms with Crippen LogP contribution in [0.1, 0.15) is 48.4 Å². The third-order valence-corrected chi connectivity index (χ3v) is 6.87. The minimum atomic E-state index is -0.948. The number of aryl methyl sites for hydroxylation is 1. The van der Waals surface area contributed by atoms with E-state index in [1.165, 1.54) is 0 Å². The van der Waals surface area contributed by atoms with E-state index in [1.807, 2.05) is 37.5 Å². The van der Waals surface area contributed by atoms with Crippen LogP contribution < -0.4 is 5.73 Å². The lowest BCUT2D eigenvalue weighted by Gasteiger charge is -2.33. The summed E-state index contributed by atoms with van der Waals surface area (Å²) in [7, 11) is 1.85. The molecule has 0 spiro atoms. The van der Waals surface area contributed by atoms with Crippen molar-refractivity contribution in [1.29, 1.82) is 5.41 Å². The molecule has 0 bridgehead atoms. The molecule has 4 aromatic rings. The Bertz CT molecular complexity index is 1460. The lowest BCUT2D eigenvalue weighted by atomic mass is 9.96. The number of aliphatic hydroxyl groups is 1. The van der Waals surface area contributed by atoms with E-state index in [4.69, 9.17) is 15.7 Å². The molecule has 5 rings (SSSR count). The Balaban J connectivity index is 1.32. The van der Waals surface area contributed by atoms with Crippen LogP contribution in [-0.2, 0) is 7.05 Å². The van der Waals surface area contributed by atoms with Crippen LogP contribution in [-0.4, -0.2) is 54.8 Å². The summed E-state index contributed by atoms with van der Waals surface area (Å²) in [6.07, 6.45) is 5.33. The molecule has 3 heterocycles. The number of likely N-dealkylation sites (tertiary alicyclic amines) is 1. The van der Waals surface area contributed by atoms with Gasteiger partial charge in [-0.3, -0.25) is 14.9 Å². The largest absolute Gasteiger partial charge is 0.398 e. The van der Waals surface area contributed by atoms with E-state index in [0.717, 1.165) is 29.5 Å². The van der Waals surface area contributed by atoms with Gasteiger partial charge < -0.3 is 20.3 Å². The fourth-order valence-electron chi connectivity index (χ4n) is 4.90. The normalized spacial score (nSPS) is 15.8. The van der Waals surface area contributed by atoms with Crippen molar-refractivity contribution in [2.24, 2.45) is 7.05 Å². The maximum atomic E-state index is 13.1. The molecule has 1 aliphatic heterocycles. The van der Waals surface area contributed by atoms with Gasteiger partial charge in [0.2, 0.25) is 0 Å². The number of nitrogens with zero attached hydrogens (tertiary/aromatic N) is 4. The standard InChI is InChI=1S/C28H30N6O3/c1-28(2,36)25-5-4-12-34(25)27(35)18-8-6-17(7-9-18)23-14-24(37-32-23)26(30)21-11-10-19(13-22(21)29)20-15-31-33(3)16-20/h6-11,13-16,25,30,36H,4-5,12,29H2,1-3H3/t25-/m1/s1. The van der Waals surface area contributed by atoms with Gasteiger partial charge in [0, 0.05) is 53.8 Å². The minimum absolute atomic E-state index is 0.0935. The van der Waals surface area contributed by atoms with Crippen molar-refractivity contribution in [2.45, 2.75) is 38.3 Å². The fraction of sp³-hybridized carbons (Fsp3) is 0.286. The Morgan fingerprint density at radius 3 is 2.51 bits per heavy atom. The zero-order valence-corrected chi connectivity index (χ0v) is 21.1. The van der Waals surface area contributed by atoms with Gasteiger partial charge in [0.05, 0.1) is 17.8 Å². The summed E-state index contributed by atoms with van der Waals surface area (Å²) < 4.78 is 7.19. The first-order valence-electron chi connectivity index (χ1n) is 12.2. The number of amides is 1. The number of carbonyl (C=O) groups is 1. The second-order valence-electron chi connectivity index (χ2n) is 10.0. The maximum absolute atomic E-state index is 13.1. The number of nitrogen functional groups attached to an aromatic ring is 1. The predicted octanol–water partition coefficient (Wildman–Crippen LogP) is 4.12. The van der Waals surface area contributed by atoms with E-state index in [9.17, 15) is 9.90 Å². The highest BCUT2D eigenvalue weighted by molar-refractivity contribution is 6.12. The molecule has 1 atom stereocenters. The van der Waals surface area contributed by atoms with Gasteiger partial charge in [-0.25, -0.2) is 0 Å². The van der Waals surface area contributed by atoms with E-state index in [2.05, 4.69) is 10.3 Å². The van der Waals surface area contributed by atoms with Crippen molar-refractivity contribution in [1.82, 2.24) is 19.8 Å². The molecule has 190 valence electrons. The molecular weight excluding hydrogens is 468 g/mol. The smallest absolute Gasteiger partial charge is 0.254 e. The Morgan fingerprint density at radius 1 is 1.14 bits per heavy atom. The summed E-state index contributed by atoms with van der Waals surface area (Å²) in [5, 5.41) is 27.4. The van der Waals surface area contributed by atoms with Gasteiger partial charge in [-0.15, -0.1) is 0 Å². The van der Waals surface area contributed by atoms with Gasteiger partial charge in [0.25, 0.3) is 5.91 Å². The van der Waals surface area contributed by atoms with Crippen molar-refractivity contribution < 1.29 is 14.4 Å². The summed E-state index contributed by atoms with van der Waals surface area (Å²) in [4.78, 5) is 14.8. The lowest BCUT2D eigenvalue weighted by molar-refractivity contribution is 0.000337. The molecule has 1 aliphatic rings. The first-order valence-corrected chi connectivity index (χ1v) is 12.2. The zero-order valence-electron chi connectivity index (χ0n) is 21.1. The van der Waals surface area contributed by atoms with Crippen LogP contribution in [0, 0.1) is 5.41 Å². The summed E-state index contributed by atoms with van der Waals surface area (Å²) >= 11 is 0. The van der Waals surface area contributed by atoms with E-state index >= 15 is 0 Å². The van der Waals surface area contributed by atoms with Gasteiger partial charge in [-0.05, 0) is 56.5 Å². The third-order valence-electron chi connectivity index (χ3n) is 6.87. The fourth-order valence-corrected chi connectivity index (χ4v) is 4.90. The molecule has 4 N–H and O–H groups in total. The highest BCUT2D eigenvalue weighted by Gasteiger charge is 2.38. The summed E-state index contributed by atoms with van der Waals surface area (Å²) in [6, 6.07) is 14.1. The molecule has 9 heteroatoms. The van der Waals surface area contributed by atoms with Crippen molar-refractivity contribution in [3.63, 3.8) is 0 Å². The van der Waals surface area contributed by atoms with Crippen LogP contribution >= 0.6 is 0 Å². The average Bonchev–Trinajstić information content (AvgIpc) is 3.63. The highest BCUT2D eigenvalue weighted by Crippen LogP contribution is 2.30. The Morgan fingerprint density at radius 2 is 1.86 bits per heavy atom. The molecule has 0 unspecified atom stereocenters. The SMILES string of the molecule is Cn1cc(-c2ccc(C(=N)c3cc(-c4ccc(C(=O)N5CCC[C@@H]5C(C)(C)O)cc4)no3)c(N)c2)cn1. The Kier molecular flexibility index (Phi) is 6.16. The summed E-state index contributed by atoms with van der Waals surface area (Å²) in [5.74, 6) is 0.199. The van der Waals surface area contributed by atoms with Crippen LogP contribution in [0.2, 0.25) is 0 Å². The van der Waals surface area contributed by atoms with E-state index < -0.39 is 5.60 Å². The number of anilines is 1. The Labute approximate surface area is 215 Å². The number of rotatable bonds is 6. The topological polar surface area (TPSA) is 134 Å². The second kappa shape index (κ2) is 9.33. The molecule has 1 fully saturated rings. The minimum Gasteiger partial charge on any atom is -0.398 e. The van der Waals surface area contributed by atoms with Crippen LogP contribution in [0.5, 0.6) is 0 Å². The monoisotopic (exact) mass is 498 g/mol. The Hall–Kier alpha value is -4.24. The molecule has 0 saturated carbocycles. The van der Waals surface area contributed by atoms with Crippen molar-refractivity contribution >= 4 is 17.3 Å². The summed E-state index contributed by atoms with van der Waals surface area (Å²) in [6.45, 7) is 4.13. The van der Waals surface area contributed by atoms with Crippen molar-refractivity contribution in [2.75, 3.05) is 12.3 Å². The zero-order chi connectivity index (χ0) is 26.3. The molecule has 0 radical (unpaired) electrons. The number of hydrogen-bond acceptors (Lipinski definition) is 7. The first-order chi connectivity index (χ1) is 17.6. The number of aromatic nitrogens is 3. The van der Waals surface area contributed by atoms with Crippen molar-refractivity contribution in [3.8, 4) is 22.4 Å². The molecule has 9 nitrogen and oxygen atoms in total. The lowest BCUT2D eigenvalue weighted by Crippen LogP contribution is -2.48. The molecule has 2 aromatic heterocycles. The van der Waals surface area contributed by atoms with Gasteiger partial charge in [-0.1, -0.05) is 23.4 Å². The maximum Gasteiger partial charge on any atom is 0.254 e. The van der Waals surface area contributed by atoms with Crippen LogP contribution in [0.4, 0.5) is 5.69 Å². The number of hydrogen-bond donors (Lipinski definition) is 3. The predicted molar refractivity (Wildman–Crippen MR) is 141 cm³/mol. The highest BCUT2D eigenvalue weighted by atomic mass is 16.5. The first kappa shape index (κ1) is 24.5. The molecule has 0 aliphatic carbocycles. The van der Waals surface area contributed by atoms with E-state index in [1.54, 1.807) is 53.9 Å². The number of nitrogens with two attached hydrogens (primary N) is 1. The van der Waals surface area contributed by atoms with Gasteiger partial charge in [0.15, 0.2) is 5.76 Å². The van der Waals surface area contributed by atoms with Gasteiger partial charge in [0.1, 0.15) is 11.4 Å². The molecule has 1 saturated heterocycles. The van der Waals surface area contributed by atoms with Crippen LogP contribution in [0.25, 0.3) is 22.4 Å². The number of carbonyl (C=O) groups excluding carboxylic acids is 1. The van der Waals surface area contributed by atoms with E-state index in [-0.39, 0.29) is 17.7 Å². The van der Waals surface area contributed by atoms with Crippen molar-refractivity contribution in [3.05, 3.63) is 77.8 Å². The van der Waals surface area contributed by atoms with Crippen LogP contribution in [0.3, 0.4) is 0 Å². The third kappa shape index (κ3) is 4.77. The van der Waals surface area contributed by atoms with Gasteiger partial charge in [-0.2, -0.15) is 5.10 Å². The second-order valence-corrected chi connectivity index (χ2v) is 10.0. The number of nitrogens with one attached hydrogen (secondary N) is 1. The molecule has 1 amide bonds. The van der Waals surface area contributed by atoms with E-state index in [0.29, 0.717) is 34.8 Å². The molecule has 2 aromatic carbocycles. The summed E-state index contributed by atoms with van der Waals surface area (Å²) in [5.41, 5.74) is 10.2.